The van der Waals surface area contributed by atoms with Gasteiger partial charge in [0.25, 0.3) is 0 Å². The van der Waals surface area contributed by atoms with Crippen LogP contribution < -0.4 is 0 Å². The quantitative estimate of drug-likeness (QED) is 0.132. The monoisotopic (exact) mass is 506 g/mol. The number of rotatable bonds is 4. The molecule has 0 aliphatic rings. The van der Waals surface area contributed by atoms with Crippen molar-refractivity contribution < 1.29 is 17.1 Å². The molecule has 0 saturated carbocycles. The Bertz CT molecular complexity index is 1020. The van der Waals surface area contributed by atoms with Gasteiger partial charge in [0.15, 0.2) is 0 Å². The zero-order chi connectivity index (χ0) is 20.7. The SMILES string of the molecule is Brc1ccc[cH-]1.[Fe+2].c1ccc(C(c2ccccc2)(c2ccccc2)c2ccc[cH-]2)cc1. The molecule has 31 heavy (non-hydrogen) atoms. The summed E-state index contributed by atoms with van der Waals surface area (Å²) in [6, 6.07) is 49.0. The molecule has 154 valence electrons. The fraction of sp³-hybridized carbons (Fsp3) is 0.0345. The third-order valence-corrected chi connectivity index (χ3v) is 5.87. The molecule has 0 heterocycles. The van der Waals surface area contributed by atoms with Crippen LogP contribution in [-0.4, -0.2) is 0 Å². The van der Waals surface area contributed by atoms with Gasteiger partial charge in [-0.2, -0.15) is 30.3 Å². The van der Waals surface area contributed by atoms with E-state index in [4.69, 9.17) is 0 Å². The van der Waals surface area contributed by atoms with E-state index in [1.54, 1.807) is 0 Å². The summed E-state index contributed by atoms with van der Waals surface area (Å²) in [7, 11) is 0. The Balaban J connectivity index is 0.000000338. The van der Waals surface area contributed by atoms with Crippen molar-refractivity contribution in [1.82, 2.24) is 0 Å². The minimum atomic E-state index is -0.298. The van der Waals surface area contributed by atoms with Crippen molar-refractivity contribution in [2.45, 2.75) is 5.41 Å². The third kappa shape index (κ3) is 4.99. The normalized spacial score (nSPS) is 10.5. The van der Waals surface area contributed by atoms with E-state index in [0.29, 0.717) is 0 Å². The van der Waals surface area contributed by atoms with Gasteiger partial charge in [-0.3, -0.25) is 0 Å². The molecule has 5 aromatic carbocycles. The minimum absolute atomic E-state index is 0. The summed E-state index contributed by atoms with van der Waals surface area (Å²) in [5, 5.41) is 0. The van der Waals surface area contributed by atoms with Gasteiger partial charge in [0.2, 0.25) is 0 Å². The van der Waals surface area contributed by atoms with Gasteiger partial charge in [0, 0.05) is 5.41 Å². The Morgan fingerprint density at radius 1 is 0.484 bits per heavy atom. The van der Waals surface area contributed by atoms with Crippen LogP contribution in [0, 0.1) is 0 Å². The zero-order valence-corrected chi connectivity index (χ0v) is 19.7. The first-order chi connectivity index (χ1) is 14.8. The minimum Gasteiger partial charge on any atom is -0.213 e. The first kappa shape index (κ1) is 23.0. The molecule has 0 nitrogen and oxygen atoms in total. The topological polar surface area (TPSA) is 0 Å². The van der Waals surface area contributed by atoms with Crippen molar-refractivity contribution in [2.24, 2.45) is 0 Å². The molecule has 0 amide bonds. The van der Waals surface area contributed by atoms with Crippen molar-refractivity contribution in [3.63, 3.8) is 0 Å². The fourth-order valence-electron chi connectivity index (χ4n) is 4.04. The van der Waals surface area contributed by atoms with Crippen LogP contribution in [0.3, 0.4) is 0 Å². The van der Waals surface area contributed by atoms with E-state index in [2.05, 4.69) is 131 Å². The van der Waals surface area contributed by atoms with Crippen LogP contribution >= 0.6 is 15.9 Å². The predicted octanol–water partition coefficient (Wildman–Crippen LogP) is 7.95. The predicted molar refractivity (Wildman–Crippen MR) is 130 cm³/mol. The molecule has 5 rings (SSSR count). The van der Waals surface area contributed by atoms with Crippen LogP contribution in [0.4, 0.5) is 0 Å². The molecule has 0 N–H and O–H groups in total. The summed E-state index contributed by atoms with van der Waals surface area (Å²) in [5.41, 5.74) is 4.86. The van der Waals surface area contributed by atoms with Crippen LogP contribution in [0.1, 0.15) is 22.3 Å². The van der Waals surface area contributed by atoms with E-state index in [0.717, 1.165) is 4.47 Å². The van der Waals surface area contributed by atoms with E-state index in [1.165, 1.54) is 22.3 Å². The second-order valence-corrected chi connectivity index (χ2v) is 8.04. The molecular weight excluding hydrogens is 484 g/mol. The molecule has 0 aliphatic heterocycles. The van der Waals surface area contributed by atoms with E-state index in [1.807, 2.05) is 24.3 Å². The van der Waals surface area contributed by atoms with Gasteiger partial charge >= 0.3 is 17.1 Å². The maximum Gasteiger partial charge on any atom is 2.00 e. The summed E-state index contributed by atoms with van der Waals surface area (Å²) >= 11 is 3.28. The van der Waals surface area contributed by atoms with Gasteiger partial charge in [0.05, 0.1) is 0 Å². The molecule has 0 aromatic heterocycles. The number of benzene rings is 3. The van der Waals surface area contributed by atoms with Crippen molar-refractivity contribution in [3.8, 4) is 0 Å². The molecule has 0 atom stereocenters. The van der Waals surface area contributed by atoms with Crippen molar-refractivity contribution in [2.75, 3.05) is 0 Å². The molecule has 0 saturated heterocycles. The average Bonchev–Trinajstić information content (AvgIpc) is 3.52. The molecule has 0 spiro atoms. The summed E-state index contributed by atoms with van der Waals surface area (Å²) in [6.07, 6.45) is 0. The Kier molecular flexibility index (Phi) is 8.26. The Labute approximate surface area is 203 Å². The first-order valence-corrected chi connectivity index (χ1v) is 10.9. The second kappa shape index (κ2) is 11.1. The van der Waals surface area contributed by atoms with Crippen LogP contribution in [-0.2, 0) is 22.5 Å². The van der Waals surface area contributed by atoms with E-state index < -0.39 is 0 Å². The Morgan fingerprint density at radius 3 is 1.19 bits per heavy atom. The Morgan fingerprint density at radius 2 is 0.903 bits per heavy atom. The van der Waals surface area contributed by atoms with Crippen LogP contribution in [0.5, 0.6) is 0 Å². The van der Waals surface area contributed by atoms with E-state index >= 15 is 0 Å². The van der Waals surface area contributed by atoms with Gasteiger partial charge in [-0.1, -0.05) is 107 Å². The van der Waals surface area contributed by atoms with Crippen molar-refractivity contribution in [1.29, 1.82) is 0 Å². The first-order valence-electron chi connectivity index (χ1n) is 10.1. The smallest absolute Gasteiger partial charge is 0.213 e. The van der Waals surface area contributed by atoms with Gasteiger partial charge in [0.1, 0.15) is 0 Å². The van der Waals surface area contributed by atoms with Gasteiger partial charge in [-0.15, -0.1) is 10.0 Å². The maximum absolute atomic E-state index is 3.28. The second-order valence-electron chi connectivity index (χ2n) is 7.12. The summed E-state index contributed by atoms with van der Waals surface area (Å²) < 4.78 is 1.16. The molecule has 0 aliphatic carbocycles. The van der Waals surface area contributed by atoms with E-state index in [-0.39, 0.29) is 22.5 Å². The molecule has 0 bridgehead atoms. The average molecular weight is 507 g/mol. The summed E-state index contributed by atoms with van der Waals surface area (Å²) in [4.78, 5) is 0. The van der Waals surface area contributed by atoms with Gasteiger partial charge < -0.3 is 0 Å². The number of hydrogen-bond donors (Lipinski definition) is 0. The molecule has 0 radical (unpaired) electrons. The number of hydrogen-bond acceptors (Lipinski definition) is 0. The largest absolute Gasteiger partial charge is 2.00 e. The fourth-order valence-corrected chi connectivity index (χ4v) is 4.34. The molecule has 5 aromatic rings. The van der Waals surface area contributed by atoms with Gasteiger partial charge in [-0.05, 0) is 16.7 Å². The standard InChI is InChI=1S/C24H19.C5H4Br.Fe/c1-4-12-20(13-5-1)24(23-18-10-11-19-23,21-14-6-2-7-15-21)22-16-8-3-9-17-22;6-5-3-1-2-4-5;/h1-19H;1-4H;/q2*-1;+2. The van der Waals surface area contributed by atoms with E-state index in [9.17, 15) is 0 Å². The summed E-state index contributed by atoms with van der Waals surface area (Å²) in [5.74, 6) is 0. The van der Waals surface area contributed by atoms with Crippen LogP contribution in [0.2, 0.25) is 0 Å². The van der Waals surface area contributed by atoms with Gasteiger partial charge in [-0.25, -0.2) is 18.2 Å². The Hall–Kier alpha value is -2.64. The summed E-state index contributed by atoms with van der Waals surface area (Å²) in [6.45, 7) is 0. The molecule has 2 heteroatoms. The zero-order valence-electron chi connectivity index (χ0n) is 17.0. The third-order valence-electron chi connectivity index (χ3n) is 5.34. The molecule has 0 unspecified atom stereocenters. The van der Waals surface area contributed by atoms with Crippen LogP contribution in [0.25, 0.3) is 0 Å². The number of halogens is 1. The maximum atomic E-state index is 3.28. The van der Waals surface area contributed by atoms with Crippen molar-refractivity contribution >= 4 is 15.9 Å². The van der Waals surface area contributed by atoms with Crippen LogP contribution in [0.15, 0.2) is 144 Å². The molecule has 0 fully saturated rings. The van der Waals surface area contributed by atoms with Crippen molar-refractivity contribution in [3.05, 3.63) is 166 Å². The molecular formula is C29H23BrFe.